The number of hydrazone groups is 1. The van der Waals surface area contributed by atoms with E-state index in [-0.39, 0.29) is 29.8 Å². The van der Waals surface area contributed by atoms with Crippen molar-refractivity contribution >= 4 is 23.4 Å². The van der Waals surface area contributed by atoms with Crippen LogP contribution in [0.1, 0.15) is 30.4 Å². The highest BCUT2D eigenvalue weighted by Gasteiger charge is 2.38. The molecule has 1 unspecified atom stereocenters. The third kappa shape index (κ3) is 3.09. The molecule has 1 N–H and O–H groups in total. The molecular formula is C19H22N4O3. The Bertz CT molecular complexity index is 779. The summed E-state index contributed by atoms with van der Waals surface area (Å²) >= 11 is 0. The van der Waals surface area contributed by atoms with E-state index in [1.165, 1.54) is 16.1 Å². The third-order valence-electron chi connectivity index (χ3n) is 5.43. The van der Waals surface area contributed by atoms with Gasteiger partial charge in [-0.05, 0) is 24.0 Å². The van der Waals surface area contributed by atoms with E-state index in [0.29, 0.717) is 31.5 Å². The lowest BCUT2D eigenvalue weighted by Gasteiger charge is -2.24. The molecule has 0 bridgehead atoms. The van der Waals surface area contributed by atoms with Crippen molar-refractivity contribution in [3.63, 3.8) is 0 Å². The Morgan fingerprint density at radius 2 is 1.77 bits per heavy atom. The molecule has 0 spiro atoms. The largest absolute Gasteiger partial charge is 0.346 e. The highest BCUT2D eigenvalue weighted by Crippen LogP contribution is 2.28. The van der Waals surface area contributed by atoms with Gasteiger partial charge in [0.15, 0.2) is 0 Å². The second kappa shape index (κ2) is 6.55. The van der Waals surface area contributed by atoms with Crippen LogP contribution in [0, 0.1) is 0 Å². The number of carbonyl (C=O) groups excluding carboxylic acids is 3. The van der Waals surface area contributed by atoms with Crippen molar-refractivity contribution in [1.82, 2.24) is 15.2 Å². The first kappa shape index (κ1) is 16.8. The molecule has 1 atom stereocenters. The molecule has 3 amide bonds. The molecule has 7 heteroatoms. The fourth-order valence-corrected chi connectivity index (χ4v) is 4.04. The Kier molecular flexibility index (Phi) is 4.22. The number of rotatable bonds is 3. The van der Waals surface area contributed by atoms with Crippen LogP contribution >= 0.6 is 0 Å². The smallest absolute Gasteiger partial charge is 0.267 e. The summed E-state index contributed by atoms with van der Waals surface area (Å²) < 4.78 is 0. The maximum Gasteiger partial charge on any atom is 0.267 e. The predicted molar refractivity (Wildman–Crippen MR) is 95.3 cm³/mol. The lowest BCUT2D eigenvalue weighted by molar-refractivity contribution is -0.130. The number of benzene rings is 1. The van der Waals surface area contributed by atoms with Gasteiger partial charge in [0.25, 0.3) is 5.91 Å². The van der Waals surface area contributed by atoms with Gasteiger partial charge in [-0.2, -0.15) is 5.10 Å². The molecule has 1 fully saturated rings. The first-order valence-electron chi connectivity index (χ1n) is 9.02. The predicted octanol–water partition coefficient (Wildman–Crippen LogP) is 0.479. The maximum absolute atomic E-state index is 12.5. The van der Waals surface area contributed by atoms with Crippen LogP contribution in [0.5, 0.6) is 0 Å². The van der Waals surface area contributed by atoms with E-state index in [4.69, 9.17) is 0 Å². The Hall–Kier alpha value is -2.70. The molecule has 0 saturated carbocycles. The molecule has 7 nitrogen and oxygen atoms in total. The number of carbonyl (C=O) groups is 3. The zero-order valence-corrected chi connectivity index (χ0v) is 14.8. The summed E-state index contributed by atoms with van der Waals surface area (Å²) in [7, 11) is 1.55. The number of nitrogens with zero attached hydrogens (tertiary/aromatic N) is 3. The summed E-state index contributed by atoms with van der Waals surface area (Å²) in [6.07, 6.45) is 2.71. The van der Waals surface area contributed by atoms with E-state index < -0.39 is 0 Å². The minimum absolute atomic E-state index is 0.0889. The molecule has 26 heavy (non-hydrogen) atoms. The maximum atomic E-state index is 12.5. The molecule has 2 heterocycles. The van der Waals surface area contributed by atoms with E-state index in [0.717, 1.165) is 12.8 Å². The van der Waals surface area contributed by atoms with Crippen molar-refractivity contribution in [3.8, 4) is 0 Å². The van der Waals surface area contributed by atoms with Gasteiger partial charge in [-0.3, -0.25) is 14.4 Å². The molecule has 0 radical (unpaired) electrons. The second-order valence-electron chi connectivity index (χ2n) is 7.22. The van der Waals surface area contributed by atoms with Crippen LogP contribution in [0.2, 0.25) is 0 Å². The standard InChI is InChI=1S/C19H22N4O3/c1-22-17(24)7-6-16(21-22)19(26)20-14-10-18(25)23(11-14)15-8-12-4-2-3-5-13(12)9-15/h2-5,14-15H,6-11H2,1H3,(H,20,26). The monoisotopic (exact) mass is 354 g/mol. The van der Waals surface area contributed by atoms with E-state index >= 15 is 0 Å². The van der Waals surface area contributed by atoms with Gasteiger partial charge in [0.1, 0.15) is 5.71 Å². The molecule has 136 valence electrons. The van der Waals surface area contributed by atoms with Gasteiger partial charge in [0.2, 0.25) is 11.8 Å². The summed E-state index contributed by atoms with van der Waals surface area (Å²) in [6.45, 7) is 0.533. The van der Waals surface area contributed by atoms with Crippen molar-refractivity contribution in [2.75, 3.05) is 13.6 Å². The molecule has 1 aliphatic carbocycles. The average Bonchev–Trinajstić information content (AvgIpc) is 3.20. The van der Waals surface area contributed by atoms with Gasteiger partial charge in [0.05, 0.1) is 6.04 Å². The first-order valence-corrected chi connectivity index (χ1v) is 9.02. The zero-order valence-electron chi connectivity index (χ0n) is 14.8. The minimum Gasteiger partial charge on any atom is -0.346 e. The quantitative estimate of drug-likeness (QED) is 0.857. The van der Waals surface area contributed by atoms with E-state index in [9.17, 15) is 14.4 Å². The molecule has 2 aliphatic heterocycles. The lowest BCUT2D eigenvalue weighted by Crippen LogP contribution is -2.44. The first-order chi connectivity index (χ1) is 12.5. The summed E-state index contributed by atoms with van der Waals surface area (Å²) in [5.41, 5.74) is 2.97. The number of likely N-dealkylation sites (tertiary alicyclic amines) is 1. The molecule has 4 rings (SSSR count). The molecule has 1 aromatic carbocycles. The molecular weight excluding hydrogens is 332 g/mol. The van der Waals surface area contributed by atoms with Gasteiger partial charge in [-0.1, -0.05) is 24.3 Å². The molecule has 1 saturated heterocycles. The number of nitrogens with one attached hydrogen (secondary N) is 1. The highest BCUT2D eigenvalue weighted by atomic mass is 16.2. The number of hydrogen-bond donors (Lipinski definition) is 1. The highest BCUT2D eigenvalue weighted by molar-refractivity contribution is 6.39. The van der Waals surface area contributed by atoms with E-state index in [2.05, 4.69) is 22.6 Å². The summed E-state index contributed by atoms with van der Waals surface area (Å²) in [5.74, 6) is -0.283. The number of fused-ring (bicyclic) bond motifs is 1. The lowest BCUT2D eigenvalue weighted by atomic mass is 10.1. The Morgan fingerprint density at radius 1 is 1.08 bits per heavy atom. The molecule has 1 aromatic rings. The van der Waals surface area contributed by atoms with Crippen LogP contribution in [-0.4, -0.2) is 59.0 Å². The Labute approximate surface area is 152 Å². The van der Waals surface area contributed by atoms with Crippen LogP contribution < -0.4 is 5.32 Å². The van der Waals surface area contributed by atoms with Gasteiger partial charge in [-0.15, -0.1) is 0 Å². The SMILES string of the molecule is CN1N=C(C(=O)NC2CC(=O)N(C3Cc4ccccc4C3)C2)CCC1=O. The van der Waals surface area contributed by atoms with Crippen LogP contribution in [0.4, 0.5) is 0 Å². The van der Waals surface area contributed by atoms with Crippen molar-refractivity contribution in [3.05, 3.63) is 35.4 Å². The minimum atomic E-state index is -0.279. The molecule has 0 aromatic heterocycles. The van der Waals surface area contributed by atoms with Crippen LogP contribution in [0.25, 0.3) is 0 Å². The Balaban J connectivity index is 1.37. The van der Waals surface area contributed by atoms with Crippen molar-refractivity contribution in [2.45, 2.75) is 44.2 Å². The second-order valence-corrected chi connectivity index (χ2v) is 7.22. The van der Waals surface area contributed by atoms with Gasteiger partial charge in [0, 0.05) is 38.9 Å². The van der Waals surface area contributed by atoms with Crippen molar-refractivity contribution < 1.29 is 14.4 Å². The third-order valence-corrected chi connectivity index (χ3v) is 5.43. The summed E-state index contributed by atoms with van der Waals surface area (Å²) in [4.78, 5) is 38.3. The van der Waals surface area contributed by atoms with Crippen molar-refractivity contribution in [2.24, 2.45) is 5.10 Å². The van der Waals surface area contributed by atoms with Crippen molar-refractivity contribution in [1.29, 1.82) is 0 Å². The topological polar surface area (TPSA) is 82.1 Å². The fourth-order valence-electron chi connectivity index (χ4n) is 4.04. The van der Waals surface area contributed by atoms with Gasteiger partial charge in [-0.25, -0.2) is 5.01 Å². The normalized spacial score (nSPS) is 23.3. The van der Waals surface area contributed by atoms with E-state index in [1.807, 2.05) is 17.0 Å². The van der Waals surface area contributed by atoms with Crippen LogP contribution in [0.15, 0.2) is 29.4 Å². The van der Waals surface area contributed by atoms with E-state index in [1.54, 1.807) is 7.05 Å². The average molecular weight is 354 g/mol. The fraction of sp³-hybridized carbons (Fsp3) is 0.474. The van der Waals surface area contributed by atoms with Gasteiger partial charge >= 0.3 is 0 Å². The Morgan fingerprint density at radius 3 is 2.42 bits per heavy atom. The molecule has 3 aliphatic rings. The summed E-state index contributed by atoms with van der Waals surface area (Å²) in [5, 5.41) is 8.17. The number of hydrogen-bond acceptors (Lipinski definition) is 4. The summed E-state index contributed by atoms with van der Waals surface area (Å²) in [6, 6.07) is 8.27. The van der Waals surface area contributed by atoms with Crippen LogP contribution in [0.3, 0.4) is 0 Å². The zero-order chi connectivity index (χ0) is 18.3. The van der Waals surface area contributed by atoms with Crippen LogP contribution in [-0.2, 0) is 27.2 Å². The number of amides is 3. The van der Waals surface area contributed by atoms with Gasteiger partial charge < -0.3 is 10.2 Å².